The Morgan fingerprint density at radius 1 is 1.33 bits per heavy atom. The Morgan fingerprint density at radius 2 is 1.94 bits per heavy atom. The third-order valence-corrected chi connectivity index (χ3v) is 3.07. The van der Waals surface area contributed by atoms with Crippen LogP contribution >= 0.6 is 0 Å². The quantitative estimate of drug-likeness (QED) is 0.743. The van der Waals surface area contributed by atoms with E-state index in [0.29, 0.717) is 5.46 Å². The van der Waals surface area contributed by atoms with Gasteiger partial charge in [0.1, 0.15) is 11.8 Å². The molecule has 0 saturated carbocycles. The van der Waals surface area contributed by atoms with Gasteiger partial charge < -0.3 is 14.8 Å². The number of hydrogen-bond donors (Lipinski definition) is 2. The topological polar surface area (TPSA) is 86.4 Å². The summed E-state index contributed by atoms with van der Waals surface area (Å²) in [5.74, 6) is 0. The summed E-state index contributed by atoms with van der Waals surface area (Å²) in [4.78, 5) is 3.85. The molecule has 6 heteroatoms. The molecule has 1 rings (SSSR count). The molecule has 2 N–H and O–H groups in total. The van der Waals surface area contributed by atoms with Crippen LogP contribution in [0.3, 0.4) is 0 Å². The van der Waals surface area contributed by atoms with Crippen LogP contribution in [0.1, 0.15) is 33.4 Å². The molecule has 1 aromatic rings. The highest BCUT2D eigenvalue weighted by Crippen LogP contribution is 2.25. The molecule has 0 saturated heterocycles. The van der Waals surface area contributed by atoms with Gasteiger partial charge in [-0.15, -0.1) is 0 Å². The first kappa shape index (κ1) is 14.6. The van der Waals surface area contributed by atoms with Crippen molar-refractivity contribution < 1.29 is 14.8 Å². The standard InChI is InChI=1S/C12H17BN2O3/c1-11(2,16)12(3,4)18-13(17)9-5-6-10(7-14)15-8-9/h5-6,8,16-17H,1-4H3. The SMILES string of the molecule is CC(C)(O)C(C)(C)OB(O)c1ccc(C#N)nc1. The van der Waals surface area contributed by atoms with E-state index < -0.39 is 18.3 Å². The molecule has 1 aromatic heterocycles. The largest absolute Gasteiger partial charge is 0.493 e. The molecule has 0 spiro atoms. The lowest BCUT2D eigenvalue weighted by atomic mass is 9.77. The molecule has 0 aliphatic rings. The second kappa shape index (κ2) is 5.06. The summed E-state index contributed by atoms with van der Waals surface area (Å²) >= 11 is 0. The van der Waals surface area contributed by atoms with Crippen LogP contribution in [0.25, 0.3) is 0 Å². The average Bonchev–Trinajstić information content (AvgIpc) is 2.27. The monoisotopic (exact) mass is 248 g/mol. The third-order valence-electron chi connectivity index (χ3n) is 3.07. The summed E-state index contributed by atoms with van der Waals surface area (Å²) in [5, 5.41) is 28.5. The molecular formula is C12H17BN2O3. The van der Waals surface area contributed by atoms with Crippen molar-refractivity contribution in [2.45, 2.75) is 38.9 Å². The summed E-state index contributed by atoms with van der Waals surface area (Å²) in [6.07, 6.45) is 1.38. The first-order chi connectivity index (χ1) is 8.17. The van der Waals surface area contributed by atoms with Crippen molar-refractivity contribution in [2.75, 3.05) is 0 Å². The van der Waals surface area contributed by atoms with Crippen LogP contribution in [-0.2, 0) is 4.65 Å². The normalized spacial score (nSPS) is 12.1. The zero-order valence-electron chi connectivity index (χ0n) is 11.0. The molecule has 5 nitrogen and oxygen atoms in total. The van der Waals surface area contributed by atoms with Gasteiger partial charge in [-0.3, -0.25) is 0 Å². The first-order valence-electron chi connectivity index (χ1n) is 5.62. The van der Waals surface area contributed by atoms with Gasteiger partial charge in [0, 0.05) is 11.7 Å². The molecule has 0 aromatic carbocycles. The van der Waals surface area contributed by atoms with Crippen molar-refractivity contribution in [3.63, 3.8) is 0 Å². The van der Waals surface area contributed by atoms with Crippen LogP contribution < -0.4 is 5.46 Å². The maximum Gasteiger partial charge on any atom is 0.493 e. The highest BCUT2D eigenvalue weighted by Gasteiger charge is 2.39. The van der Waals surface area contributed by atoms with Crippen LogP contribution in [-0.4, -0.2) is 33.4 Å². The number of rotatable bonds is 4. The predicted molar refractivity (Wildman–Crippen MR) is 68.0 cm³/mol. The maximum atomic E-state index is 9.93. The van der Waals surface area contributed by atoms with Crippen LogP contribution in [0.4, 0.5) is 0 Å². The van der Waals surface area contributed by atoms with Gasteiger partial charge in [-0.1, -0.05) is 6.07 Å². The molecule has 0 amide bonds. The fourth-order valence-electron chi connectivity index (χ4n) is 1.11. The lowest BCUT2D eigenvalue weighted by Gasteiger charge is -2.38. The number of aromatic nitrogens is 1. The minimum atomic E-state index is -1.20. The molecule has 0 aliphatic heterocycles. The lowest BCUT2D eigenvalue weighted by molar-refractivity contribution is -0.0982. The predicted octanol–water partition coefficient (Wildman–Crippen LogP) is 0.207. The van der Waals surface area contributed by atoms with Crippen molar-refractivity contribution in [3.8, 4) is 6.07 Å². The number of nitriles is 1. The molecule has 18 heavy (non-hydrogen) atoms. The Hall–Kier alpha value is -1.42. The van der Waals surface area contributed by atoms with Crippen molar-refractivity contribution in [1.82, 2.24) is 4.98 Å². The molecule has 0 unspecified atom stereocenters. The smallest absolute Gasteiger partial charge is 0.423 e. The molecule has 1 heterocycles. The number of nitrogens with zero attached hydrogens (tertiary/aromatic N) is 2. The van der Waals surface area contributed by atoms with Gasteiger partial charge in [0.25, 0.3) is 0 Å². The second-order valence-corrected chi connectivity index (χ2v) is 5.13. The van der Waals surface area contributed by atoms with Crippen molar-refractivity contribution in [3.05, 3.63) is 24.0 Å². The Labute approximate surface area is 107 Å². The fraction of sp³-hybridized carbons (Fsp3) is 0.500. The molecule has 0 aliphatic carbocycles. The van der Waals surface area contributed by atoms with Crippen LogP contribution in [0.5, 0.6) is 0 Å². The van der Waals surface area contributed by atoms with Gasteiger partial charge in [-0.2, -0.15) is 5.26 Å². The van der Waals surface area contributed by atoms with E-state index in [9.17, 15) is 10.1 Å². The number of hydrogen-bond acceptors (Lipinski definition) is 5. The van der Waals surface area contributed by atoms with E-state index in [4.69, 9.17) is 9.92 Å². The summed E-state index contributed by atoms with van der Waals surface area (Å²) in [6, 6.07) is 4.96. The van der Waals surface area contributed by atoms with Gasteiger partial charge in [0.05, 0.1) is 11.2 Å². The average molecular weight is 248 g/mol. The van der Waals surface area contributed by atoms with E-state index >= 15 is 0 Å². The highest BCUT2D eigenvalue weighted by molar-refractivity contribution is 6.60. The summed E-state index contributed by atoms with van der Waals surface area (Å²) < 4.78 is 5.44. The zero-order valence-corrected chi connectivity index (χ0v) is 11.0. The summed E-state index contributed by atoms with van der Waals surface area (Å²) in [7, 11) is -1.20. The van der Waals surface area contributed by atoms with Gasteiger partial charge in [-0.25, -0.2) is 4.98 Å². The minimum absolute atomic E-state index is 0.271. The first-order valence-corrected chi connectivity index (χ1v) is 5.62. The fourth-order valence-corrected chi connectivity index (χ4v) is 1.11. The Morgan fingerprint density at radius 3 is 2.33 bits per heavy atom. The van der Waals surface area contributed by atoms with Crippen molar-refractivity contribution >= 4 is 12.6 Å². The molecule has 0 radical (unpaired) electrons. The van der Waals surface area contributed by atoms with E-state index in [1.54, 1.807) is 33.8 Å². The maximum absolute atomic E-state index is 9.93. The van der Waals surface area contributed by atoms with Gasteiger partial charge in [0.2, 0.25) is 0 Å². The van der Waals surface area contributed by atoms with Crippen LogP contribution in [0.2, 0.25) is 0 Å². The number of pyridine rings is 1. The zero-order chi connectivity index (χ0) is 14.0. The van der Waals surface area contributed by atoms with Gasteiger partial charge >= 0.3 is 7.12 Å². The summed E-state index contributed by atoms with van der Waals surface area (Å²) in [5.41, 5.74) is -1.33. The van der Waals surface area contributed by atoms with Crippen LogP contribution in [0, 0.1) is 11.3 Å². The second-order valence-electron chi connectivity index (χ2n) is 5.13. The van der Waals surface area contributed by atoms with Crippen LogP contribution in [0.15, 0.2) is 18.3 Å². The van der Waals surface area contributed by atoms with E-state index in [1.165, 1.54) is 12.3 Å². The molecule has 0 bridgehead atoms. The van der Waals surface area contributed by atoms with E-state index in [-0.39, 0.29) is 5.69 Å². The Bertz CT molecular complexity index is 446. The number of aliphatic hydroxyl groups is 1. The van der Waals surface area contributed by atoms with Crippen molar-refractivity contribution in [1.29, 1.82) is 5.26 Å². The van der Waals surface area contributed by atoms with Gasteiger partial charge in [0.15, 0.2) is 0 Å². The molecular weight excluding hydrogens is 231 g/mol. The minimum Gasteiger partial charge on any atom is -0.423 e. The van der Waals surface area contributed by atoms with E-state index in [0.717, 1.165) is 0 Å². The lowest BCUT2D eigenvalue weighted by Crippen LogP contribution is -2.53. The molecule has 0 atom stereocenters. The highest BCUT2D eigenvalue weighted by atomic mass is 16.5. The third kappa shape index (κ3) is 3.29. The van der Waals surface area contributed by atoms with E-state index in [1.807, 2.05) is 6.07 Å². The molecule has 96 valence electrons. The van der Waals surface area contributed by atoms with Gasteiger partial charge in [-0.05, 0) is 33.8 Å². The van der Waals surface area contributed by atoms with Crippen molar-refractivity contribution in [2.24, 2.45) is 0 Å². The Balaban J connectivity index is 2.82. The Kier molecular flexibility index (Phi) is 4.12. The molecule has 0 fully saturated rings. The van der Waals surface area contributed by atoms with E-state index in [2.05, 4.69) is 4.98 Å². The summed E-state index contributed by atoms with van der Waals surface area (Å²) in [6.45, 7) is 6.59.